The van der Waals surface area contributed by atoms with E-state index in [0.29, 0.717) is 19.8 Å². The second-order valence-electron chi connectivity index (χ2n) is 9.45. The Morgan fingerprint density at radius 3 is 2.69 bits per heavy atom. The second kappa shape index (κ2) is 11.1. The fourth-order valence-electron chi connectivity index (χ4n) is 5.27. The summed E-state index contributed by atoms with van der Waals surface area (Å²) in [6.07, 6.45) is 8.34. The monoisotopic (exact) mass is 471 g/mol. The van der Waals surface area contributed by atoms with Crippen LogP contribution in [0.1, 0.15) is 53.0 Å². The van der Waals surface area contributed by atoms with Gasteiger partial charge in [-0.05, 0) is 42.5 Å². The molecule has 0 spiro atoms. The van der Waals surface area contributed by atoms with Crippen molar-refractivity contribution in [3.05, 3.63) is 89.3 Å². The second-order valence-corrected chi connectivity index (χ2v) is 9.45. The number of hydrogen-bond acceptors (Lipinski definition) is 6. The van der Waals surface area contributed by atoms with Crippen molar-refractivity contribution in [3.63, 3.8) is 0 Å². The number of carbonyl (C=O) groups excluding carboxylic acids is 1. The lowest BCUT2D eigenvalue weighted by atomic mass is 9.89. The standard InChI is InChI=1S/C28H33N5O2/c1-21-30-19-25(17-22-7-3-2-4-8-22)26(31-21)24-10-6-12-33(20-24)28(34)27(23-9-5-11-29-18-23)32-13-15-35-16-14-32/h2-5,7-9,11,18-19,24,27H,6,10,12-17,20H2,1H3/t24-,27-/m1/s1. The fraction of sp³-hybridized carbons (Fsp3) is 0.429. The van der Waals surface area contributed by atoms with E-state index in [-0.39, 0.29) is 17.9 Å². The van der Waals surface area contributed by atoms with E-state index in [1.54, 1.807) is 6.20 Å². The Bertz CT molecular complexity index is 1120. The van der Waals surface area contributed by atoms with E-state index in [1.807, 2.05) is 42.4 Å². The molecule has 0 aliphatic carbocycles. The summed E-state index contributed by atoms with van der Waals surface area (Å²) in [5, 5.41) is 0. The number of ether oxygens (including phenoxy) is 1. The number of aromatic nitrogens is 3. The van der Waals surface area contributed by atoms with Crippen molar-refractivity contribution in [2.45, 2.75) is 38.1 Å². The Balaban J connectivity index is 1.39. The molecule has 2 atom stereocenters. The van der Waals surface area contributed by atoms with Crippen LogP contribution in [0.3, 0.4) is 0 Å². The maximum Gasteiger partial charge on any atom is 0.244 e. The summed E-state index contributed by atoms with van der Waals surface area (Å²) in [6.45, 7) is 6.18. The maximum atomic E-state index is 14.0. The van der Waals surface area contributed by atoms with Crippen LogP contribution in [0.15, 0.2) is 61.1 Å². The number of amides is 1. The van der Waals surface area contributed by atoms with Crippen molar-refractivity contribution in [2.24, 2.45) is 0 Å². The SMILES string of the molecule is Cc1ncc(Cc2ccccc2)c([C@@H]2CCCN(C(=O)[C@@H](c3cccnc3)N3CCOCC3)C2)n1. The molecule has 0 unspecified atom stereocenters. The summed E-state index contributed by atoms with van der Waals surface area (Å²) in [4.78, 5) is 32.0. The Hall–Kier alpha value is -3.16. The molecule has 1 amide bonds. The molecule has 3 aromatic rings. The minimum Gasteiger partial charge on any atom is -0.379 e. The number of piperidine rings is 1. The van der Waals surface area contributed by atoms with Gasteiger partial charge in [0, 0.05) is 57.1 Å². The normalized spacial score (nSPS) is 19.9. The van der Waals surface area contributed by atoms with Crippen LogP contribution in [0.5, 0.6) is 0 Å². The van der Waals surface area contributed by atoms with E-state index in [9.17, 15) is 4.79 Å². The molecule has 5 rings (SSSR count). The molecule has 2 aliphatic rings. The lowest BCUT2D eigenvalue weighted by molar-refractivity contribution is -0.140. The number of aryl methyl sites for hydroxylation is 1. The van der Waals surface area contributed by atoms with Crippen LogP contribution in [-0.2, 0) is 16.0 Å². The van der Waals surface area contributed by atoms with Gasteiger partial charge in [-0.1, -0.05) is 36.4 Å². The van der Waals surface area contributed by atoms with Gasteiger partial charge in [0.05, 0.1) is 18.9 Å². The maximum absolute atomic E-state index is 14.0. The molecule has 7 nitrogen and oxygen atoms in total. The van der Waals surface area contributed by atoms with Crippen LogP contribution < -0.4 is 0 Å². The quantitative estimate of drug-likeness (QED) is 0.548. The van der Waals surface area contributed by atoms with Gasteiger partial charge in [-0.25, -0.2) is 9.97 Å². The predicted molar refractivity (Wildman–Crippen MR) is 134 cm³/mol. The highest BCUT2D eigenvalue weighted by Gasteiger charge is 2.35. The third-order valence-electron chi connectivity index (χ3n) is 7.02. The highest BCUT2D eigenvalue weighted by atomic mass is 16.5. The zero-order valence-electron chi connectivity index (χ0n) is 20.3. The van der Waals surface area contributed by atoms with E-state index in [2.05, 4.69) is 39.1 Å². The lowest BCUT2D eigenvalue weighted by Crippen LogP contribution is -2.49. The van der Waals surface area contributed by atoms with Gasteiger partial charge in [0.2, 0.25) is 5.91 Å². The number of carbonyl (C=O) groups is 1. The molecule has 2 aliphatic heterocycles. The molecule has 2 fully saturated rings. The van der Waals surface area contributed by atoms with Gasteiger partial charge in [-0.2, -0.15) is 0 Å². The predicted octanol–water partition coefficient (Wildman–Crippen LogP) is 3.55. The minimum atomic E-state index is -0.331. The van der Waals surface area contributed by atoms with Gasteiger partial charge in [0.15, 0.2) is 0 Å². The smallest absolute Gasteiger partial charge is 0.244 e. The molecule has 35 heavy (non-hydrogen) atoms. The van der Waals surface area contributed by atoms with Crippen LogP contribution in [0.2, 0.25) is 0 Å². The number of rotatable bonds is 6. The first-order chi connectivity index (χ1) is 17.2. The Morgan fingerprint density at radius 2 is 1.91 bits per heavy atom. The van der Waals surface area contributed by atoms with Crippen molar-refractivity contribution < 1.29 is 9.53 Å². The molecular weight excluding hydrogens is 438 g/mol. The van der Waals surface area contributed by atoms with E-state index in [0.717, 1.165) is 61.5 Å². The molecule has 2 saturated heterocycles. The van der Waals surface area contributed by atoms with Crippen LogP contribution in [0, 0.1) is 6.92 Å². The van der Waals surface area contributed by atoms with Crippen LogP contribution in [0.4, 0.5) is 0 Å². The summed E-state index contributed by atoms with van der Waals surface area (Å²) in [6, 6.07) is 14.0. The molecule has 2 aromatic heterocycles. The number of hydrogen-bond donors (Lipinski definition) is 0. The van der Waals surface area contributed by atoms with Gasteiger partial charge in [0.1, 0.15) is 11.9 Å². The summed E-state index contributed by atoms with van der Waals surface area (Å²) in [5.41, 5.74) is 4.43. The van der Waals surface area contributed by atoms with Crippen molar-refractivity contribution in [2.75, 3.05) is 39.4 Å². The fourth-order valence-corrected chi connectivity index (χ4v) is 5.27. The Kier molecular flexibility index (Phi) is 7.45. The molecule has 0 bridgehead atoms. The number of benzene rings is 1. The van der Waals surface area contributed by atoms with Gasteiger partial charge in [0.25, 0.3) is 0 Å². The largest absolute Gasteiger partial charge is 0.379 e. The molecule has 4 heterocycles. The van der Waals surface area contributed by atoms with Gasteiger partial charge >= 0.3 is 0 Å². The third kappa shape index (κ3) is 5.57. The average Bonchev–Trinajstić information content (AvgIpc) is 2.92. The average molecular weight is 472 g/mol. The minimum absolute atomic E-state index is 0.153. The van der Waals surface area contributed by atoms with Gasteiger partial charge in [-0.3, -0.25) is 14.7 Å². The van der Waals surface area contributed by atoms with E-state index in [4.69, 9.17) is 9.72 Å². The summed E-state index contributed by atoms with van der Waals surface area (Å²) in [7, 11) is 0. The van der Waals surface area contributed by atoms with Gasteiger partial charge in [-0.15, -0.1) is 0 Å². The first-order valence-electron chi connectivity index (χ1n) is 12.6. The summed E-state index contributed by atoms with van der Waals surface area (Å²) in [5.74, 6) is 1.13. The molecule has 0 saturated carbocycles. The van der Waals surface area contributed by atoms with Crippen molar-refractivity contribution in [1.82, 2.24) is 24.8 Å². The first-order valence-corrected chi connectivity index (χ1v) is 12.6. The lowest BCUT2D eigenvalue weighted by Gasteiger charge is -2.39. The molecule has 0 radical (unpaired) electrons. The number of likely N-dealkylation sites (tertiary alicyclic amines) is 1. The number of morpholine rings is 1. The number of nitrogens with zero attached hydrogens (tertiary/aromatic N) is 5. The molecule has 1 aromatic carbocycles. The van der Waals surface area contributed by atoms with E-state index < -0.39 is 0 Å². The topological polar surface area (TPSA) is 71.5 Å². The van der Waals surface area contributed by atoms with Crippen LogP contribution in [-0.4, -0.2) is 70.1 Å². The summed E-state index contributed by atoms with van der Waals surface area (Å²) >= 11 is 0. The Labute approximate surface area is 207 Å². The van der Waals surface area contributed by atoms with Crippen LogP contribution in [0.25, 0.3) is 0 Å². The van der Waals surface area contributed by atoms with E-state index >= 15 is 0 Å². The molecule has 7 heteroatoms. The molecule has 0 N–H and O–H groups in total. The van der Waals surface area contributed by atoms with Crippen LogP contribution >= 0.6 is 0 Å². The van der Waals surface area contributed by atoms with Crippen molar-refractivity contribution in [3.8, 4) is 0 Å². The molecule has 182 valence electrons. The zero-order valence-corrected chi connectivity index (χ0v) is 20.3. The summed E-state index contributed by atoms with van der Waals surface area (Å²) < 4.78 is 5.56. The molecular formula is C28H33N5O2. The highest BCUT2D eigenvalue weighted by molar-refractivity contribution is 5.83. The number of pyridine rings is 1. The van der Waals surface area contributed by atoms with Crippen molar-refractivity contribution in [1.29, 1.82) is 0 Å². The van der Waals surface area contributed by atoms with E-state index in [1.165, 1.54) is 5.56 Å². The third-order valence-corrected chi connectivity index (χ3v) is 7.02. The Morgan fingerprint density at radius 1 is 1.09 bits per heavy atom. The highest BCUT2D eigenvalue weighted by Crippen LogP contribution is 2.32. The van der Waals surface area contributed by atoms with Crippen molar-refractivity contribution >= 4 is 5.91 Å². The first kappa shape index (κ1) is 23.6. The van der Waals surface area contributed by atoms with Gasteiger partial charge < -0.3 is 9.64 Å². The zero-order chi connectivity index (χ0) is 24.0.